The van der Waals surface area contributed by atoms with Crippen LogP contribution in [0, 0.1) is 0 Å². The zero-order chi connectivity index (χ0) is 18.4. The largest absolute Gasteiger partial charge is 0.298 e. The van der Waals surface area contributed by atoms with E-state index in [0.29, 0.717) is 17.0 Å². The molecular formula is C17H15ClN6O2. The van der Waals surface area contributed by atoms with Crippen LogP contribution in [0.1, 0.15) is 27.1 Å². The maximum absolute atomic E-state index is 10.6. The fourth-order valence-corrected chi connectivity index (χ4v) is 2.48. The summed E-state index contributed by atoms with van der Waals surface area (Å²) < 4.78 is 1.77. The fourth-order valence-electron chi connectivity index (χ4n) is 2.36. The second-order valence-corrected chi connectivity index (χ2v) is 5.79. The third-order valence-corrected chi connectivity index (χ3v) is 3.92. The van der Waals surface area contributed by atoms with Crippen LogP contribution in [0.4, 0.5) is 0 Å². The van der Waals surface area contributed by atoms with Gasteiger partial charge in [0.2, 0.25) is 0 Å². The van der Waals surface area contributed by atoms with Crippen molar-refractivity contribution >= 4 is 46.2 Å². The molecule has 1 N–H and O–H groups in total. The number of carbonyl (C=O) groups excluding carboxylic acids is 2. The average Bonchev–Trinajstić information content (AvgIpc) is 3.32. The zero-order valence-electron chi connectivity index (χ0n) is 13.7. The number of H-pyrrole nitrogens is 1. The Balaban J connectivity index is 0.000000158. The molecule has 0 saturated heterocycles. The third-order valence-electron chi connectivity index (χ3n) is 3.65. The molecule has 4 rings (SSSR count). The standard InChI is InChI=1S/C10H10ClN3O.C7H5N3O/c11-4-1-5-14-10-6-8(7-15)2-3-9(10)12-13-14;11-4-5-1-2-6-7(3-5)9-10-8-6/h2-3,6-7H,1,4-5H2;1-4H,(H,8,9,10). The molecule has 8 nitrogen and oxygen atoms in total. The van der Waals surface area contributed by atoms with Crippen LogP contribution in [0.2, 0.25) is 0 Å². The Bertz CT molecular complexity index is 1040. The van der Waals surface area contributed by atoms with Crippen molar-refractivity contribution in [3.63, 3.8) is 0 Å². The van der Waals surface area contributed by atoms with Crippen molar-refractivity contribution in [1.29, 1.82) is 0 Å². The van der Waals surface area contributed by atoms with Crippen LogP contribution in [0.5, 0.6) is 0 Å². The van der Waals surface area contributed by atoms with E-state index < -0.39 is 0 Å². The van der Waals surface area contributed by atoms with E-state index >= 15 is 0 Å². The van der Waals surface area contributed by atoms with Gasteiger partial charge in [0.1, 0.15) is 29.1 Å². The van der Waals surface area contributed by atoms with Gasteiger partial charge in [-0.1, -0.05) is 5.21 Å². The van der Waals surface area contributed by atoms with Crippen molar-refractivity contribution in [3.8, 4) is 0 Å². The molecule has 0 spiro atoms. The molecule has 26 heavy (non-hydrogen) atoms. The van der Waals surface area contributed by atoms with Gasteiger partial charge in [0, 0.05) is 23.6 Å². The van der Waals surface area contributed by atoms with Crippen molar-refractivity contribution in [2.24, 2.45) is 0 Å². The van der Waals surface area contributed by atoms with E-state index in [1.54, 1.807) is 41.1 Å². The maximum atomic E-state index is 10.6. The lowest BCUT2D eigenvalue weighted by Crippen LogP contribution is -2.00. The number of nitrogens with zero attached hydrogens (tertiary/aromatic N) is 5. The molecule has 2 aromatic heterocycles. The van der Waals surface area contributed by atoms with E-state index in [1.807, 2.05) is 0 Å². The van der Waals surface area contributed by atoms with Gasteiger partial charge in [0.15, 0.2) is 0 Å². The van der Waals surface area contributed by atoms with Crippen LogP contribution in [0.25, 0.3) is 22.1 Å². The predicted octanol–water partition coefficient (Wildman–Crippen LogP) is 2.64. The molecule has 0 aliphatic rings. The molecule has 2 heterocycles. The third kappa shape index (κ3) is 3.92. The molecule has 2 aromatic carbocycles. The second-order valence-electron chi connectivity index (χ2n) is 5.41. The van der Waals surface area contributed by atoms with Gasteiger partial charge < -0.3 is 0 Å². The molecular weight excluding hydrogens is 356 g/mol. The minimum absolute atomic E-state index is 0.592. The minimum Gasteiger partial charge on any atom is -0.298 e. The topological polar surface area (TPSA) is 106 Å². The Labute approximate surface area is 153 Å². The molecule has 0 fully saturated rings. The van der Waals surface area contributed by atoms with Crippen LogP contribution in [0.3, 0.4) is 0 Å². The highest BCUT2D eigenvalue weighted by Crippen LogP contribution is 2.13. The average molecular weight is 371 g/mol. The molecule has 0 bridgehead atoms. The number of halogens is 1. The van der Waals surface area contributed by atoms with E-state index in [2.05, 4.69) is 25.7 Å². The number of nitrogens with one attached hydrogen (secondary N) is 1. The number of alkyl halides is 1. The highest BCUT2D eigenvalue weighted by Gasteiger charge is 2.04. The summed E-state index contributed by atoms with van der Waals surface area (Å²) in [5.41, 5.74) is 4.42. The normalized spacial score (nSPS) is 10.5. The monoisotopic (exact) mass is 370 g/mol. The first-order valence-electron chi connectivity index (χ1n) is 7.85. The first-order chi connectivity index (χ1) is 12.7. The van der Waals surface area contributed by atoms with Crippen LogP contribution in [0.15, 0.2) is 36.4 Å². The first kappa shape index (κ1) is 17.7. The van der Waals surface area contributed by atoms with E-state index in [-0.39, 0.29) is 0 Å². The fraction of sp³-hybridized carbons (Fsp3) is 0.176. The number of hydrogen-bond donors (Lipinski definition) is 1. The number of rotatable bonds is 5. The molecule has 0 atom stereocenters. The van der Waals surface area contributed by atoms with Gasteiger partial charge in [0.25, 0.3) is 0 Å². The predicted molar refractivity (Wildman–Crippen MR) is 97.5 cm³/mol. The summed E-state index contributed by atoms with van der Waals surface area (Å²) in [4.78, 5) is 20.9. The van der Waals surface area contributed by atoms with Crippen LogP contribution in [-0.4, -0.2) is 48.9 Å². The molecule has 0 aliphatic carbocycles. The van der Waals surface area contributed by atoms with Gasteiger partial charge in [-0.2, -0.15) is 15.4 Å². The van der Waals surface area contributed by atoms with E-state index in [4.69, 9.17) is 11.6 Å². The van der Waals surface area contributed by atoms with E-state index in [9.17, 15) is 9.59 Å². The smallest absolute Gasteiger partial charge is 0.150 e. The number of aldehydes is 2. The van der Waals surface area contributed by atoms with Crippen LogP contribution in [-0.2, 0) is 6.54 Å². The zero-order valence-corrected chi connectivity index (χ0v) is 14.4. The van der Waals surface area contributed by atoms with E-state index in [0.717, 1.165) is 47.6 Å². The van der Waals surface area contributed by atoms with Crippen LogP contribution < -0.4 is 0 Å². The summed E-state index contributed by atoms with van der Waals surface area (Å²) >= 11 is 5.61. The number of fused-ring (bicyclic) bond motifs is 2. The van der Waals surface area contributed by atoms with Crippen molar-refractivity contribution in [3.05, 3.63) is 47.5 Å². The molecule has 4 aromatic rings. The molecule has 0 saturated carbocycles. The number of aromatic nitrogens is 6. The van der Waals surface area contributed by atoms with Gasteiger partial charge in [-0.3, -0.25) is 9.59 Å². The first-order valence-corrected chi connectivity index (χ1v) is 8.38. The Hall–Kier alpha value is -3.13. The Morgan fingerprint density at radius 2 is 1.65 bits per heavy atom. The summed E-state index contributed by atoms with van der Waals surface area (Å²) in [7, 11) is 0. The van der Waals surface area contributed by atoms with Gasteiger partial charge in [-0.25, -0.2) is 4.68 Å². The molecule has 0 aliphatic heterocycles. The molecule has 132 valence electrons. The minimum atomic E-state index is 0.592. The van der Waals surface area contributed by atoms with Gasteiger partial charge in [0.05, 0.1) is 5.52 Å². The summed E-state index contributed by atoms with van der Waals surface area (Å²) in [6, 6.07) is 10.5. The summed E-state index contributed by atoms with van der Waals surface area (Å²) in [6.07, 6.45) is 2.44. The quantitative estimate of drug-likeness (QED) is 0.427. The van der Waals surface area contributed by atoms with Crippen LogP contribution >= 0.6 is 11.6 Å². The highest BCUT2D eigenvalue weighted by molar-refractivity contribution is 6.17. The lowest BCUT2D eigenvalue weighted by molar-refractivity contribution is 0.111. The maximum Gasteiger partial charge on any atom is 0.150 e. The van der Waals surface area contributed by atoms with Gasteiger partial charge in [-0.05, 0) is 42.8 Å². The summed E-state index contributed by atoms with van der Waals surface area (Å²) in [5, 5.41) is 18.1. The molecule has 9 heteroatoms. The number of carbonyl (C=O) groups is 2. The Morgan fingerprint density at radius 3 is 2.38 bits per heavy atom. The van der Waals surface area contributed by atoms with Crippen molar-refractivity contribution < 1.29 is 9.59 Å². The molecule has 0 radical (unpaired) electrons. The number of hydrogen-bond acceptors (Lipinski definition) is 6. The van der Waals surface area contributed by atoms with Gasteiger partial charge >= 0.3 is 0 Å². The van der Waals surface area contributed by atoms with Crippen molar-refractivity contribution in [2.45, 2.75) is 13.0 Å². The Kier molecular flexibility index (Phi) is 5.65. The number of benzene rings is 2. The van der Waals surface area contributed by atoms with Crippen molar-refractivity contribution in [1.82, 2.24) is 30.4 Å². The molecule has 0 unspecified atom stereocenters. The lowest BCUT2D eigenvalue weighted by atomic mass is 10.2. The number of aromatic amines is 1. The Morgan fingerprint density at radius 1 is 0.962 bits per heavy atom. The SMILES string of the molecule is O=Cc1ccc2n[nH]nc2c1.O=Cc1ccc2nnn(CCCCl)c2c1. The lowest BCUT2D eigenvalue weighted by Gasteiger charge is -1.99. The summed E-state index contributed by atoms with van der Waals surface area (Å²) in [5.74, 6) is 0.592. The van der Waals surface area contributed by atoms with E-state index in [1.165, 1.54) is 0 Å². The summed E-state index contributed by atoms with van der Waals surface area (Å²) in [6.45, 7) is 0.725. The number of aryl methyl sites for hydroxylation is 1. The second kappa shape index (κ2) is 8.30. The molecule has 0 amide bonds. The van der Waals surface area contributed by atoms with Gasteiger partial charge in [-0.15, -0.1) is 16.7 Å². The van der Waals surface area contributed by atoms with Crippen molar-refractivity contribution in [2.75, 3.05) is 5.88 Å². The highest BCUT2D eigenvalue weighted by atomic mass is 35.5.